The van der Waals surface area contributed by atoms with Crippen LogP contribution in [0.5, 0.6) is 0 Å². The van der Waals surface area contributed by atoms with Gasteiger partial charge < -0.3 is 9.47 Å². The molecule has 0 saturated carbocycles. The number of hydrogen-bond donors (Lipinski definition) is 0. The van der Waals surface area contributed by atoms with Gasteiger partial charge in [-0.25, -0.2) is 4.68 Å². The summed E-state index contributed by atoms with van der Waals surface area (Å²) in [6.07, 6.45) is 4.92. The first-order chi connectivity index (χ1) is 14.1. The van der Waals surface area contributed by atoms with Gasteiger partial charge in [-0.1, -0.05) is 30.3 Å². The van der Waals surface area contributed by atoms with E-state index >= 15 is 0 Å². The third-order valence-electron chi connectivity index (χ3n) is 5.54. The second-order valence-corrected chi connectivity index (χ2v) is 7.36. The molecule has 1 aliphatic rings. The Bertz CT molecular complexity index is 1270. The molecule has 1 fully saturated rings. The highest BCUT2D eigenvalue weighted by atomic mass is 16.2. The Morgan fingerprint density at radius 1 is 0.966 bits per heavy atom. The predicted octanol–water partition coefficient (Wildman–Crippen LogP) is 3.59. The van der Waals surface area contributed by atoms with Gasteiger partial charge in [0.05, 0.1) is 23.4 Å². The van der Waals surface area contributed by atoms with Crippen LogP contribution in [-0.2, 0) is 11.8 Å². The molecule has 1 atom stereocenters. The number of rotatable bonds is 3. The molecule has 144 valence electrons. The van der Waals surface area contributed by atoms with E-state index in [0.717, 1.165) is 34.3 Å². The summed E-state index contributed by atoms with van der Waals surface area (Å²) in [4.78, 5) is 26.2. The minimum absolute atomic E-state index is 0.0554. The summed E-state index contributed by atoms with van der Waals surface area (Å²) < 4.78 is 3.34. The van der Waals surface area contributed by atoms with Crippen LogP contribution >= 0.6 is 0 Å². The summed E-state index contributed by atoms with van der Waals surface area (Å²) in [5.74, 6) is 0.142. The summed E-state index contributed by atoms with van der Waals surface area (Å²) in [6, 6.07) is 19.5. The monoisotopic (exact) mass is 384 g/mol. The molecule has 5 rings (SSSR count). The van der Waals surface area contributed by atoms with Gasteiger partial charge in [-0.05, 0) is 36.2 Å². The molecule has 0 radical (unpaired) electrons. The Balaban J connectivity index is 1.56. The maximum absolute atomic E-state index is 12.7. The lowest BCUT2D eigenvalue weighted by Crippen LogP contribution is -2.27. The van der Waals surface area contributed by atoms with Crippen molar-refractivity contribution in [3.63, 3.8) is 0 Å². The van der Waals surface area contributed by atoms with Crippen LogP contribution < -0.4 is 10.5 Å². The number of benzene rings is 2. The largest absolute Gasteiger partial charge is 0.316 e. The van der Waals surface area contributed by atoms with E-state index in [9.17, 15) is 9.59 Å². The van der Waals surface area contributed by atoms with Crippen molar-refractivity contribution in [3.8, 4) is 5.69 Å². The van der Waals surface area contributed by atoms with Gasteiger partial charge in [-0.3, -0.25) is 9.59 Å². The van der Waals surface area contributed by atoms with Gasteiger partial charge >= 0.3 is 0 Å². The zero-order chi connectivity index (χ0) is 20.0. The maximum Gasteiger partial charge on any atom is 0.250 e. The highest BCUT2D eigenvalue weighted by Gasteiger charge is 2.33. The normalized spacial score (nSPS) is 16.7. The van der Waals surface area contributed by atoms with Crippen LogP contribution in [0, 0.1) is 0 Å². The molecule has 2 aromatic heterocycles. The Kier molecular flexibility index (Phi) is 4.05. The molecule has 1 saturated heterocycles. The van der Waals surface area contributed by atoms with E-state index in [1.807, 2.05) is 41.3 Å². The molecule has 0 bridgehead atoms. The van der Waals surface area contributed by atoms with Crippen LogP contribution in [0.3, 0.4) is 0 Å². The summed E-state index contributed by atoms with van der Waals surface area (Å²) in [7, 11) is 1.72. The Hall–Kier alpha value is -3.67. The van der Waals surface area contributed by atoms with Gasteiger partial charge in [0, 0.05) is 36.8 Å². The number of carbonyl (C=O) groups excluding carboxylic acids is 1. The average Bonchev–Trinajstić information content (AvgIpc) is 3.34. The zero-order valence-electron chi connectivity index (χ0n) is 16.0. The van der Waals surface area contributed by atoms with Crippen LogP contribution in [0.25, 0.3) is 16.6 Å². The zero-order valence-corrected chi connectivity index (χ0v) is 16.0. The molecular weight excluding hydrogens is 364 g/mol. The van der Waals surface area contributed by atoms with E-state index in [4.69, 9.17) is 0 Å². The van der Waals surface area contributed by atoms with Crippen LogP contribution in [0.1, 0.15) is 24.4 Å². The number of nitrogens with zero attached hydrogens (tertiary/aromatic N) is 4. The van der Waals surface area contributed by atoms with Gasteiger partial charge in [0.1, 0.15) is 0 Å². The van der Waals surface area contributed by atoms with Crippen LogP contribution in [0.4, 0.5) is 5.69 Å². The minimum atomic E-state index is -0.0630. The van der Waals surface area contributed by atoms with E-state index in [2.05, 4.69) is 17.2 Å². The lowest BCUT2D eigenvalue weighted by molar-refractivity contribution is -0.117. The van der Waals surface area contributed by atoms with E-state index in [0.29, 0.717) is 6.42 Å². The number of fused-ring (bicyclic) bond motifs is 1. The fourth-order valence-electron chi connectivity index (χ4n) is 4.08. The van der Waals surface area contributed by atoms with E-state index < -0.39 is 0 Å². The molecule has 4 aromatic rings. The van der Waals surface area contributed by atoms with Crippen molar-refractivity contribution in [1.29, 1.82) is 0 Å². The lowest BCUT2D eigenvalue weighted by atomic mass is 10.0. The van der Waals surface area contributed by atoms with Gasteiger partial charge in [-0.15, -0.1) is 0 Å². The quantitative estimate of drug-likeness (QED) is 0.542. The topological polar surface area (TPSA) is 60.1 Å². The van der Waals surface area contributed by atoms with Crippen LogP contribution in [0.15, 0.2) is 77.9 Å². The number of pyridine rings is 1. The molecule has 3 heterocycles. The summed E-state index contributed by atoms with van der Waals surface area (Å²) in [6.45, 7) is 0. The molecule has 0 aliphatic carbocycles. The van der Waals surface area contributed by atoms with E-state index in [1.54, 1.807) is 30.2 Å². The van der Waals surface area contributed by atoms with Gasteiger partial charge in [-0.2, -0.15) is 5.10 Å². The molecule has 2 aromatic carbocycles. The first kappa shape index (κ1) is 17.4. The smallest absolute Gasteiger partial charge is 0.250 e. The standard InChI is InChI=1S/C23H20N4O2/c1-25-15-19(8-11-22(25)28)27-21-9-7-18(13-17(21)14-24-27)26-20(10-12-23(26)29)16-5-3-2-4-6-16/h2-9,11,13-15,20H,10,12H2,1H3/t20-/m0/s1. The fraction of sp³-hybridized carbons (Fsp3) is 0.174. The molecule has 0 spiro atoms. The number of carbonyl (C=O) groups is 1. The molecule has 6 nitrogen and oxygen atoms in total. The van der Waals surface area contributed by atoms with Crippen LogP contribution in [0.2, 0.25) is 0 Å². The average molecular weight is 384 g/mol. The first-order valence-corrected chi connectivity index (χ1v) is 9.64. The van der Waals surface area contributed by atoms with Crippen molar-refractivity contribution in [3.05, 3.63) is 89.0 Å². The highest BCUT2D eigenvalue weighted by Crippen LogP contribution is 2.38. The van der Waals surface area contributed by atoms with Gasteiger partial charge in [0.15, 0.2) is 0 Å². The van der Waals surface area contributed by atoms with Crippen molar-refractivity contribution in [2.45, 2.75) is 18.9 Å². The second kappa shape index (κ2) is 6.74. The molecular formula is C23H20N4O2. The SMILES string of the molecule is Cn1cc(-n2ncc3cc(N4C(=O)CC[C@H]4c4ccccc4)ccc32)ccc1=O. The molecule has 1 amide bonds. The minimum Gasteiger partial charge on any atom is -0.316 e. The van der Waals surface area contributed by atoms with E-state index in [-0.39, 0.29) is 17.5 Å². The van der Waals surface area contributed by atoms with Crippen molar-refractivity contribution >= 4 is 22.5 Å². The molecule has 6 heteroatoms. The van der Waals surface area contributed by atoms with Crippen LogP contribution in [-0.4, -0.2) is 20.3 Å². The molecule has 29 heavy (non-hydrogen) atoms. The predicted molar refractivity (Wildman–Crippen MR) is 112 cm³/mol. The van der Waals surface area contributed by atoms with Crippen molar-refractivity contribution in [1.82, 2.24) is 14.3 Å². The summed E-state index contributed by atoms with van der Waals surface area (Å²) in [5.41, 5.74) is 3.71. The first-order valence-electron chi connectivity index (χ1n) is 9.64. The summed E-state index contributed by atoms with van der Waals surface area (Å²) >= 11 is 0. The molecule has 0 N–H and O–H groups in total. The number of aryl methyl sites for hydroxylation is 1. The summed E-state index contributed by atoms with van der Waals surface area (Å²) in [5, 5.41) is 5.45. The Morgan fingerprint density at radius 2 is 1.76 bits per heavy atom. The molecule has 0 unspecified atom stereocenters. The van der Waals surface area contributed by atoms with Crippen molar-refractivity contribution in [2.75, 3.05) is 4.90 Å². The number of anilines is 1. The third kappa shape index (κ3) is 2.93. The number of amides is 1. The lowest BCUT2D eigenvalue weighted by Gasteiger charge is -2.25. The van der Waals surface area contributed by atoms with Gasteiger partial charge in [0.2, 0.25) is 11.5 Å². The Labute approximate surface area is 167 Å². The Morgan fingerprint density at radius 3 is 2.55 bits per heavy atom. The van der Waals surface area contributed by atoms with Gasteiger partial charge in [0.25, 0.3) is 0 Å². The van der Waals surface area contributed by atoms with Crippen molar-refractivity contribution in [2.24, 2.45) is 7.05 Å². The van der Waals surface area contributed by atoms with Crippen molar-refractivity contribution < 1.29 is 4.79 Å². The fourth-order valence-corrected chi connectivity index (χ4v) is 4.08. The highest BCUT2D eigenvalue weighted by molar-refractivity contribution is 5.98. The second-order valence-electron chi connectivity index (χ2n) is 7.36. The molecule has 1 aliphatic heterocycles. The third-order valence-corrected chi connectivity index (χ3v) is 5.54. The van der Waals surface area contributed by atoms with E-state index in [1.165, 1.54) is 10.6 Å². The number of aromatic nitrogens is 3. The maximum atomic E-state index is 12.7. The number of hydrogen-bond acceptors (Lipinski definition) is 3.